The van der Waals surface area contributed by atoms with Crippen LogP contribution in [-0.2, 0) is 0 Å². The Kier molecular flexibility index (Phi) is 10.5. The van der Waals surface area contributed by atoms with Crippen molar-refractivity contribution in [1.29, 1.82) is 0 Å². The monoisotopic (exact) mass is 560 g/mol. The number of hydrogen-bond donors (Lipinski definition) is 11. The lowest BCUT2D eigenvalue weighted by Gasteiger charge is -2.41. The minimum absolute atomic E-state index is 0.124. The molecule has 0 bridgehead atoms. The van der Waals surface area contributed by atoms with Gasteiger partial charge in [-0.15, -0.1) is 23.5 Å². The van der Waals surface area contributed by atoms with Gasteiger partial charge in [0.1, 0.15) is 55.2 Å². The van der Waals surface area contributed by atoms with E-state index in [4.69, 9.17) is 49.2 Å². The minimum atomic E-state index is -0.469. The molecule has 0 aromatic carbocycles. The Bertz CT molecular complexity index is 541. The maximum Gasteiger partial charge on any atom is 0.139 e. The number of hydrogen-bond acceptors (Lipinski definition) is 14. The topological polar surface area (TPSA) is 164 Å². The zero-order valence-corrected chi connectivity index (χ0v) is 21.0. The van der Waals surface area contributed by atoms with Gasteiger partial charge < -0.3 is 11.5 Å². The van der Waals surface area contributed by atoms with Crippen LogP contribution >= 0.6 is 69.9 Å². The van der Waals surface area contributed by atoms with E-state index in [1.165, 1.54) is 0 Å². The SMILES string of the molecule is [2H]NC1NC(Cl)NC(SCCN(CCSC2NC(Cl)NC(N[2H])N2)C2NC(Cl)NC(Cl)N2)N1. The van der Waals surface area contributed by atoms with Crippen molar-refractivity contribution >= 4 is 69.9 Å². The molecule has 3 fully saturated rings. The molecule has 3 heterocycles. The molecule has 13 N–H and O–H groups in total. The second kappa shape index (κ2) is 13.5. The Morgan fingerprint density at radius 3 is 1.55 bits per heavy atom. The molecule has 0 radical (unpaired) electrons. The van der Waals surface area contributed by atoms with Crippen LogP contribution in [0.1, 0.15) is 0 Å². The molecule has 8 unspecified atom stereocenters. The summed E-state index contributed by atoms with van der Waals surface area (Å²) in [6, 6.07) is 0. The van der Waals surface area contributed by atoms with E-state index in [-0.39, 0.29) is 17.3 Å². The average molecular weight is 562 g/mol. The van der Waals surface area contributed by atoms with Crippen molar-refractivity contribution in [2.75, 3.05) is 24.6 Å². The van der Waals surface area contributed by atoms with E-state index in [0.717, 1.165) is 24.6 Å². The summed E-state index contributed by atoms with van der Waals surface area (Å²) in [6.07, 6.45) is -1.04. The fourth-order valence-corrected chi connectivity index (χ4v) is 6.34. The van der Waals surface area contributed by atoms with Crippen LogP contribution in [0.2, 0.25) is 2.82 Å². The molecule has 12 nitrogen and oxygen atoms in total. The van der Waals surface area contributed by atoms with E-state index < -0.39 is 35.1 Å². The second-order valence-corrected chi connectivity index (χ2v) is 10.9. The minimum Gasteiger partial charge on any atom is -0.303 e. The van der Waals surface area contributed by atoms with Crippen molar-refractivity contribution in [3.8, 4) is 0 Å². The Balaban J connectivity index is 1.49. The number of rotatable bonds is 11. The molecule has 182 valence electrons. The summed E-state index contributed by atoms with van der Waals surface area (Å²) in [6.45, 7) is 1.45. The van der Waals surface area contributed by atoms with Gasteiger partial charge in [0.25, 0.3) is 0 Å². The zero-order valence-electron chi connectivity index (χ0n) is 18.3. The van der Waals surface area contributed by atoms with Gasteiger partial charge >= 0.3 is 0 Å². The maximum atomic E-state index is 7.33. The molecule has 0 spiro atoms. The number of nitrogens with two attached hydrogens (primary N) is 2. The predicted octanol–water partition coefficient (Wildman–Crippen LogP) is -2.47. The lowest BCUT2D eigenvalue weighted by Crippen LogP contribution is -2.70. The van der Waals surface area contributed by atoms with Crippen LogP contribution in [0.3, 0.4) is 0 Å². The predicted molar refractivity (Wildman–Crippen MR) is 131 cm³/mol. The van der Waals surface area contributed by atoms with Crippen molar-refractivity contribution in [3.63, 3.8) is 0 Å². The van der Waals surface area contributed by atoms with Crippen LogP contribution in [0.4, 0.5) is 0 Å². The van der Waals surface area contributed by atoms with Gasteiger partial charge in [0.05, 0.1) is 0 Å². The fourth-order valence-electron chi connectivity index (χ4n) is 3.05. The average Bonchev–Trinajstić information content (AvgIpc) is 2.76. The quantitative estimate of drug-likeness (QED) is 0.0949. The summed E-state index contributed by atoms with van der Waals surface area (Å²) in [5, 5.41) is 28.1. The molecule has 0 amide bonds. The molecule has 3 aliphatic rings. The molecule has 3 rings (SSSR count). The smallest absolute Gasteiger partial charge is 0.139 e. The highest BCUT2D eigenvalue weighted by molar-refractivity contribution is 8.00. The third-order valence-corrected chi connectivity index (χ3v) is 7.51. The molecular weight excluding hydrogens is 530 g/mol. The standard InChI is InChI=1S/C13H30Cl4N12S2/c14-5-20-6(15)24-11(23-5)29(1-3-30-12-25-7(16)21-9(18)27-12)2-4-31-13-26-8(17)22-10(19)28-13/h5-13,20-28H,1-4,18-19H2/i/hD2. The Morgan fingerprint density at radius 1 is 0.645 bits per heavy atom. The van der Waals surface area contributed by atoms with Gasteiger partial charge in [0.15, 0.2) is 0 Å². The molecule has 8 atom stereocenters. The van der Waals surface area contributed by atoms with Crippen molar-refractivity contribution in [2.45, 2.75) is 52.4 Å². The lowest BCUT2D eigenvalue weighted by atomic mass is 10.5. The van der Waals surface area contributed by atoms with Crippen LogP contribution < -0.4 is 59.3 Å². The number of halogens is 4. The summed E-state index contributed by atoms with van der Waals surface area (Å²) in [7, 11) is 0. The summed E-state index contributed by atoms with van der Waals surface area (Å²) in [5.74, 6) is 1.55. The van der Waals surface area contributed by atoms with Crippen LogP contribution in [-0.4, -0.2) is 81.9 Å². The molecule has 18 heteroatoms. The normalized spacial score (nSPS) is 42.9. The first-order valence-electron chi connectivity index (χ1n) is 10.6. The van der Waals surface area contributed by atoms with E-state index >= 15 is 0 Å². The Hall–Kier alpha value is 1.38. The molecule has 0 saturated carbocycles. The fraction of sp³-hybridized carbons (Fsp3) is 1.00. The molecule has 3 aliphatic heterocycles. The number of alkyl halides is 4. The van der Waals surface area contributed by atoms with Gasteiger partial charge in [0, 0.05) is 24.6 Å². The van der Waals surface area contributed by atoms with Crippen LogP contribution in [0.5, 0.6) is 0 Å². The van der Waals surface area contributed by atoms with E-state index in [1.54, 1.807) is 23.5 Å². The van der Waals surface area contributed by atoms with Gasteiger partial charge in [-0.25, -0.2) is 0 Å². The molecule has 0 aromatic rings. The van der Waals surface area contributed by atoms with E-state index in [9.17, 15) is 0 Å². The Morgan fingerprint density at radius 2 is 1.10 bits per heavy atom. The van der Waals surface area contributed by atoms with E-state index in [2.05, 4.69) is 64.2 Å². The van der Waals surface area contributed by atoms with Crippen LogP contribution in [0, 0.1) is 0 Å². The first-order valence-corrected chi connectivity index (χ1v) is 13.4. The number of nitrogens with zero attached hydrogens (tertiary/aromatic N) is 1. The van der Waals surface area contributed by atoms with Crippen molar-refractivity contribution < 1.29 is 2.82 Å². The largest absolute Gasteiger partial charge is 0.303 e. The molecule has 0 aliphatic carbocycles. The Labute approximate surface area is 213 Å². The zero-order chi connectivity index (χ0) is 23.8. The van der Waals surface area contributed by atoms with Gasteiger partial charge in [0.2, 0.25) is 0 Å². The molecular formula is C13H30Cl4N12S2. The highest BCUT2D eigenvalue weighted by atomic mass is 35.5. The third kappa shape index (κ3) is 9.51. The summed E-state index contributed by atoms with van der Waals surface area (Å²) in [5.41, 5.74) is 2.67. The molecule has 31 heavy (non-hydrogen) atoms. The van der Waals surface area contributed by atoms with Gasteiger partial charge in [-0.1, -0.05) is 46.4 Å². The third-order valence-electron chi connectivity index (χ3n) is 4.45. The first-order chi connectivity index (χ1) is 15.9. The summed E-state index contributed by atoms with van der Waals surface area (Å²) < 4.78 is 14.7. The van der Waals surface area contributed by atoms with Crippen LogP contribution in [0.15, 0.2) is 0 Å². The van der Waals surface area contributed by atoms with Gasteiger partial charge in [-0.05, 0) is 0 Å². The lowest BCUT2D eigenvalue weighted by molar-refractivity contribution is 0.108. The van der Waals surface area contributed by atoms with Gasteiger partial charge in [-0.2, -0.15) is 0 Å². The van der Waals surface area contributed by atoms with Crippen molar-refractivity contribution in [2.24, 2.45) is 11.5 Å². The van der Waals surface area contributed by atoms with E-state index in [1.807, 2.05) is 0 Å². The van der Waals surface area contributed by atoms with Gasteiger partial charge in [-0.3, -0.25) is 52.8 Å². The van der Waals surface area contributed by atoms with Crippen molar-refractivity contribution in [1.82, 2.24) is 52.8 Å². The summed E-state index contributed by atoms with van der Waals surface area (Å²) in [4.78, 5) is 2.21. The maximum absolute atomic E-state index is 7.33. The number of thioether (sulfide) groups is 2. The first kappa shape index (κ1) is 24.1. The number of nitrogens with one attached hydrogen (secondary N) is 9. The molecule has 0 aromatic heterocycles. The second-order valence-electron chi connectivity index (χ2n) is 6.76. The highest BCUT2D eigenvalue weighted by Crippen LogP contribution is 2.15. The molecule has 3 saturated heterocycles. The van der Waals surface area contributed by atoms with E-state index in [0.29, 0.717) is 0 Å². The van der Waals surface area contributed by atoms with Crippen molar-refractivity contribution in [3.05, 3.63) is 0 Å². The highest BCUT2D eigenvalue weighted by Gasteiger charge is 2.30. The van der Waals surface area contributed by atoms with Crippen LogP contribution in [0.25, 0.3) is 0 Å². The summed E-state index contributed by atoms with van der Waals surface area (Å²) >= 11 is 28.1.